The van der Waals surface area contributed by atoms with Crippen LogP contribution in [0.3, 0.4) is 0 Å². The van der Waals surface area contributed by atoms with E-state index < -0.39 is 0 Å². The molecule has 2 aliphatic rings. The van der Waals surface area contributed by atoms with Crippen molar-refractivity contribution in [1.82, 2.24) is 5.32 Å². The Bertz CT molecular complexity index is 484. The second-order valence-electron chi connectivity index (χ2n) is 5.05. The molecule has 2 bridgehead atoms. The summed E-state index contributed by atoms with van der Waals surface area (Å²) >= 11 is 6.21. The first kappa shape index (κ1) is 12.9. The van der Waals surface area contributed by atoms with Gasteiger partial charge >= 0.3 is 6.03 Å². The largest absolute Gasteiger partial charge is 0.471 e. The van der Waals surface area contributed by atoms with Gasteiger partial charge in [0.2, 0.25) is 0 Å². The number of hydrogen-bond acceptors (Lipinski definition) is 3. The van der Waals surface area contributed by atoms with Gasteiger partial charge in [0.05, 0.1) is 25.4 Å². The lowest BCUT2D eigenvalue weighted by atomic mass is 10.2. The van der Waals surface area contributed by atoms with Crippen LogP contribution >= 0.6 is 11.8 Å². The van der Waals surface area contributed by atoms with Gasteiger partial charge in [0, 0.05) is 18.2 Å². The summed E-state index contributed by atoms with van der Waals surface area (Å²) in [6.45, 7) is 1.43. The number of halogens is 1. The van der Waals surface area contributed by atoms with E-state index in [0.29, 0.717) is 18.3 Å². The second-order valence-corrected chi connectivity index (χ2v) is 5.39. The van der Waals surface area contributed by atoms with Gasteiger partial charge in [-0.05, 0) is 12.1 Å². The molecule has 0 aromatic heterocycles. The molecule has 3 rings (SSSR count). The van der Waals surface area contributed by atoms with Crippen molar-refractivity contribution in [2.45, 2.75) is 18.5 Å². The topological polar surface area (TPSA) is 41.6 Å². The van der Waals surface area contributed by atoms with Crippen molar-refractivity contribution in [3.05, 3.63) is 30.3 Å². The van der Waals surface area contributed by atoms with Gasteiger partial charge in [-0.2, -0.15) is 9.26 Å². The SMILES string of the molecule is CO[N+]1(C(=O)N(Cl)c2ccccc2)CC2CC1CN2. The Morgan fingerprint density at radius 2 is 2.21 bits per heavy atom. The zero-order chi connectivity index (χ0) is 13.5. The highest BCUT2D eigenvalue weighted by Crippen LogP contribution is 2.35. The summed E-state index contributed by atoms with van der Waals surface area (Å²) in [5.41, 5.74) is 0.666. The summed E-state index contributed by atoms with van der Waals surface area (Å²) in [5.74, 6) is 0. The monoisotopic (exact) mass is 282 g/mol. The number of nitrogens with one attached hydrogen (secondary N) is 1. The van der Waals surface area contributed by atoms with Gasteiger partial charge in [0.15, 0.2) is 0 Å². The first-order chi connectivity index (χ1) is 9.17. The first-order valence-electron chi connectivity index (χ1n) is 6.40. The summed E-state index contributed by atoms with van der Waals surface area (Å²) in [5, 5.41) is 3.37. The lowest BCUT2D eigenvalue weighted by molar-refractivity contribution is -1.05. The molecule has 0 saturated carbocycles. The number of carbonyl (C=O) groups is 1. The minimum Gasteiger partial charge on any atom is -0.303 e. The van der Waals surface area contributed by atoms with Crippen molar-refractivity contribution in [2.24, 2.45) is 0 Å². The number of benzene rings is 1. The van der Waals surface area contributed by atoms with Gasteiger partial charge in [0.1, 0.15) is 12.6 Å². The van der Waals surface area contributed by atoms with Crippen molar-refractivity contribution in [3.63, 3.8) is 0 Å². The molecule has 102 valence electrons. The molecular formula is C13H17ClN3O2+. The van der Waals surface area contributed by atoms with Gasteiger partial charge in [0.25, 0.3) is 0 Å². The maximum atomic E-state index is 12.7. The smallest absolute Gasteiger partial charge is 0.303 e. The van der Waals surface area contributed by atoms with Gasteiger partial charge in [-0.15, -0.1) is 0 Å². The van der Waals surface area contributed by atoms with E-state index in [1.807, 2.05) is 30.3 Å². The van der Waals surface area contributed by atoms with E-state index in [9.17, 15) is 4.79 Å². The number of likely N-dealkylation sites (tertiary alicyclic amines) is 1. The fraction of sp³-hybridized carbons (Fsp3) is 0.462. The van der Waals surface area contributed by atoms with E-state index >= 15 is 0 Å². The van der Waals surface area contributed by atoms with Crippen molar-refractivity contribution < 1.29 is 14.3 Å². The van der Waals surface area contributed by atoms with Crippen molar-refractivity contribution in [1.29, 1.82) is 0 Å². The fourth-order valence-corrected chi connectivity index (χ4v) is 3.33. The summed E-state index contributed by atoms with van der Waals surface area (Å²) in [4.78, 5) is 18.3. The van der Waals surface area contributed by atoms with Crippen molar-refractivity contribution in [3.8, 4) is 0 Å². The normalized spacial score (nSPS) is 32.5. The minimum absolute atomic E-state index is 0.0178. The van der Waals surface area contributed by atoms with Crippen LogP contribution in [0.1, 0.15) is 6.42 Å². The number of rotatable bonds is 2. The lowest BCUT2D eigenvalue weighted by Gasteiger charge is -2.36. The van der Waals surface area contributed by atoms with Crippen molar-refractivity contribution >= 4 is 23.5 Å². The van der Waals surface area contributed by atoms with Gasteiger partial charge < -0.3 is 5.32 Å². The Kier molecular flexibility index (Phi) is 3.22. The molecule has 0 spiro atoms. The highest BCUT2D eigenvalue weighted by atomic mass is 35.5. The summed E-state index contributed by atoms with van der Waals surface area (Å²) in [6.07, 6.45) is 0.957. The van der Waals surface area contributed by atoms with Crippen LogP contribution in [0.2, 0.25) is 0 Å². The number of urea groups is 1. The molecular weight excluding hydrogens is 266 g/mol. The third-order valence-corrected chi connectivity index (χ3v) is 4.42. The number of para-hydroxylation sites is 1. The summed E-state index contributed by atoms with van der Waals surface area (Å²) in [6, 6.07) is 9.49. The molecule has 5 nitrogen and oxygen atoms in total. The first-order valence-corrected chi connectivity index (χ1v) is 6.73. The molecule has 6 heteroatoms. The standard InChI is InChI=1S/C13H17ClN3O2/c1-19-17(9-10-7-12(17)8-15-10)13(18)16(14)11-5-3-2-4-6-11/h2-6,10,12,15H,7-9H2,1H3/q+1. The molecule has 2 heterocycles. The molecule has 1 aromatic rings. The van der Waals surface area contributed by atoms with Gasteiger partial charge in [-0.25, -0.2) is 4.79 Å². The Morgan fingerprint density at radius 3 is 2.74 bits per heavy atom. The zero-order valence-corrected chi connectivity index (χ0v) is 11.5. The van der Waals surface area contributed by atoms with E-state index in [0.717, 1.165) is 13.0 Å². The molecule has 3 unspecified atom stereocenters. The summed E-state index contributed by atoms with van der Waals surface area (Å²) in [7, 11) is 1.58. The molecule has 2 saturated heterocycles. The number of fused-ring (bicyclic) bond motifs is 2. The van der Waals surface area contributed by atoms with E-state index in [2.05, 4.69) is 5.32 Å². The van der Waals surface area contributed by atoms with E-state index in [4.69, 9.17) is 16.6 Å². The van der Waals surface area contributed by atoms with Gasteiger partial charge in [-0.3, -0.25) is 0 Å². The van der Waals surface area contributed by atoms with Crippen LogP contribution in [-0.2, 0) is 4.84 Å². The van der Waals surface area contributed by atoms with E-state index in [-0.39, 0.29) is 16.7 Å². The number of hydrogen-bond donors (Lipinski definition) is 1. The zero-order valence-electron chi connectivity index (χ0n) is 10.8. The minimum atomic E-state index is -0.218. The van der Waals surface area contributed by atoms with Gasteiger partial charge in [-0.1, -0.05) is 22.8 Å². The van der Waals surface area contributed by atoms with Crippen LogP contribution in [0, 0.1) is 0 Å². The molecule has 1 N–H and O–H groups in total. The lowest BCUT2D eigenvalue weighted by Crippen LogP contribution is -2.64. The number of amides is 2. The maximum absolute atomic E-state index is 12.7. The number of piperazine rings is 1. The number of hydroxylamine groups is 3. The Labute approximate surface area is 117 Å². The number of nitrogens with zero attached hydrogens (tertiary/aromatic N) is 2. The molecule has 2 aliphatic heterocycles. The predicted octanol–water partition coefficient (Wildman–Crippen LogP) is 1.89. The second kappa shape index (κ2) is 4.76. The Morgan fingerprint density at radius 1 is 1.47 bits per heavy atom. The third-order valence-electron chi connectivity index (χ3n) is 4.08. The molecule has 2 amide bonds. The highest BCUT2D eigenvalue weighted by molar-refractivity contribution is 6.35. The quantitative estimate of drug-likeness (QED) is 0.665. The number of quaternary nitrogens is 1. The number of anilines is 1. The van der Waals surface area contributed by atoms with Crippen molar-refractivity contribution in [2.75, 3.05) is 24.6 Å². The molecule has 2 fully saturated rings. The maximum Gasteiger partial charge on any atom is 0.471 e. The van der Waals surface area contributed by atoms with Crippen LogP contribution in [0.4, 0.5) is 10.5 Å². The van der Waals surface area contributed by atoms with Crippen LogP contribution < -0.4 is 9.74 Å². The summed E-state index contributed by atoms with van der Waals surface area (Å²) < 4.78 is 1.15. The molecule has 1 aromatic carbocycles. The third kappa shape index (κ3) is 1.94. The van der Waals surface area contributed by atoms with Crippen LogP contribution in [-0.4, -0.2) is 43.0 Å². The van der Waals surface area contributed by atoms with E-state index in [1.54, 1.807) is 7.11 Å². The Balaban J connectivity index is 1.87. The molecule has 3 atom stereocenters. The number of carbonyl (C=O) groups excluding carboxylic acids is 1. The van der Waals surface area contributed by atoms with E-state index in [1.165, 1.54) is 4.42 Å². The average Bonchev–Trinajstić information content (AvgIpc) is 3.07. The fourth-order valence-electron chi connectivity index (χ4n) is 3.08. The Hall–Kier alpha value is -1.14. The van der Waals surface area contributed by atoms with Crippen LogP contribution in [0.5, 0.6) is 0 Å². The highest BCUT2D eigenvalue weighted by Gasteiger charge is 2.59. The molecule has 0 radical (unpaired) electrons. The predicted molar refractivity (Wildman–Crippen MR) is 72.5 cm³/mol. The van der Waals surface area contributed by atoms with Crippen LogP contribution in [0.15, 0.2) is 30.3 Å². The molecule has 0 aliphatic carbocycles. The molecule has 19 heavy (non-hydrogen) atoms. The van der Waals surface area contributed by atoms with Crippen LogP contribution in [0.25, 0.3) is 0 Å². The average molecular weight is 283 g/mol.